The molecule has 9 nitrogen and oxygen atoms in total. The fourth-order valence-electron chi connectivity index (χ4n) is 4.77. The maximum absolute atomic E-state index is 13.9. The van der Waals surface area contributed by atoms with Crippen LogP contribution in [0.25, 0.3) is 11.0 Å². The second kappa shape index (κ2) is 9.61. The Hall–Kier alpha value is -4.53. The van der Waals surface area contributed by atoms with Gasteiger partial charge in [-0.3, -0.25) is 24.6 Å². The first-order valence-corrected chi connectivity index (χ1v) is 11.7. The van der Waals surface area contributed by atoms with Crippen LogP contribution in [0.3, 0.4) is 0 Å². The number of anilines is 1. The molecule has 0 saturated heterocycles. The summed E-state index contributed by atoms with van der Waals surface area (Å²) in [7, 11) is 0. The van der Waals surface area contributed by atoms with E-state index in [2.05, 4.69) is 0 Å². The average Bonchev–Trinajstić information content (AvgIpc) is 3.27. The highest BCUT2D eigenvalue weighted by Crippen LogP contribution is 2.42. The molecule has 0 bridgehead atoms. The number of ether oxygens (including phenoxy) is 1. The SMILES string of the molecule is CCOC(=O)[C@@H]1C(=O)N(CCc2ccccc2)c2nc3ccccc3n2[C@H]1c1cccc([N+](=O)[O-])c1. The van der Waals surface area contributed by atoms with Gasteiger partial charge in [-0.05, 0) is 36.6 Å². The van der Waals surface area contributed by atoms with Crippen molar-refractivity contribution in [3.8, 4) is 0 Å². The number of hydrogen-bond donors (Lipinski definition) is 0. The summed E-state index contributed by atoms with van der Waals surface area (Å²) in [4.78, 5) is 44.5. The Kier molecular flexibility index (Phi) is 6.20. The normalized spacial score (nSPS) is 17.1. The third-order valence-corrected chi connectivity index (χ3v) is 6.37. The second-order valence-corrected chi connectivity index (χ2v) is 8.52. The number of nitro groups is 1. The van der Waals surface area contributed by atoms with E-state index < -0.39 is 28.8 Å². The van der Waals surface area contributed by atoms with Crippen LogP contribution in [-0.2, 0) is 20.7 Å². The molecule has 0 fully saturated rings. The fraction of sp³-hybridized carbons (Fsp3) is 0.222. The molecule has 1 aliphatic heterocycles. The molecule has 0 radical (unpaired) electrons. The lowest BCUT2D eigenvalue weighted by Crippen LogP contribution is -2.50. The number of aromatic nitrogens is 2. The number of carbonyl (C=O) groups excluding carboxylic acids is 2. The van der Waals surface area contributed by atoms with Crippen molar-refractivity contribution in [3.05, 3.63) is 100 Å². The first-order chi connectivity index (χ1) is 17.5. The Morgan fingerprint density at radius 1 is 1.06 bits per heavy atom. The Bertz CT molecular complexity index is 1450. The number of esters is 1. The summed E-state index contributed by atoms with van der Waals surface area (Å²) < 4.78 is 7.18. The zero-order valence-electron chi connectivity index (χ0n) is 19.6. The van der Waals surface area contributed by atoms with Crippen LogP contribution >= 0.6 is 0 Å². The number of benzene rings is 3. The molecule has 1 aromatic heterocycles. The number of hydrogen-bond acceptors (Lipinski definition) is 6. The molecular formula is C27H24N4O5. The van der Waals surface area contributed by atoms with Gasteiger partial charge in [-0.15, -0.1) is 0 Å². The van der Waals surface area contributed by atoms with Gasteiger partial charge >= 0.3 is 5.97 Å². The summed E-state index contributed by atoms with van der Waals surface area (Å²) in [5.41, 5.74) is 2.75. The Labute approximate surface area is 207 Å². The first kappa shape index (κ1) is 23.2. The van der Waals surface area contributed by atoms with Crippen LogP contribution in [0.4, 0.5) is 11.6 Å². The summed E-state index contributed by atoms with van der Waals surface area (Å²) >= 11 is 0. The Morgan fingerprint density at radius 3 is 2.56 bits per heavy atom. The molecule has 0 unspecified atom stereocenters. The molecule has 0 spiro atoms. The van der Waals surface area contributed by atoms with Crippen molar-refractivity contribution in [3.63, 3.8) is 0 Å². The summed E-state index contributed by atoms with van der Waals surface area (Å²) in [6, 6.07) is 22.3. The fourth-order valence-corrected chi connectivity index (χ4v) is 4.77. The molecule has 182 valence electrons. The quantitative estimate of drug-likeness (QED) is 0.168. The van der Waals surface area contributed by atoms with Crippen LogP contribution in [0.5, 0.6) is 0 Å². The molecule has 36 heavy (non-hydrogen) atoms. The number of imidazole rings is 1. The molecule has 0 aliphatic carbocycles. The number of amides is 1. The molecule has 1 aliphatic rings. The lowest BCUT2D eigenvalue weighted by molar-refractivity contribution is -0.384. The number of para-hydroxylation sites is 2. The smallest absolute Gasteiger partial charge is 0.321 e. The van der Waals surface area contributed by atoms with Gasteiger partial charge in [0, 0.05) is 18.7 Å². The van der Waals surface area contributed by atoms with Crippen LogP contribution in [0.2, 0.25) is 0 Å². The average molecular weight is 485 g/mol. The van der Waals surface area contributed by atoms with Gasteiger partial charge in [0.2, 0.25) is 11.9 Å². The lowest BCUT2D eigenvalue weighted by Gasteiger charge is -2.38. The molecule has 0 N–H and O–H groups in total. The summed E-state index contributed by atoms with van der Waals surface area (Å²) in [5.74, 6) is -1.95. The second-order valence-electron chi connectivity index (χ2n) is 8.52. The Balaban J connectivity index is 1.70. The molecular weight excluding hydrogens is 460 g/mol. The van der Waals surface area contributed by atoms with Crippen molar-refractivity contribution in [1.82, 2.24) is 9.55 Å². The van der Waals surface area contributed by atoms with Crippen molar-refractivity contribution < 1.29 is 19.2 Å². The maximum Gasteiger partial charge on any atom is 0.321 e. The van der Waals surface area contributed by atoms with Crippen LogP contribution in [0.15, 0.2) is 78.9 Å². The van der Waals surface area contributed by atoms with Gasteiger partial charge in [0.25, 0.3) is 5.69 Å². The largest absolute Gasteiger partial charge is 0.465 e. The maximum atomic E-state index is 13.9. The zero-order chi connectivity index (χ0) is 25.2. The predicted octanol–water partition coefficient (Wildman–Crippen LogP) is 4.30. The number of nitrogens with zero attached hydrogens (tertiary/aromatic N) is 4. The summed E-state index contributed by atoms with van der Waals surface area (Å²) in [6.45, 7) is 2.09. The third kappa shape index (κ3) is 4.08. The van der Waals surface area contributed by atoms with Crippen LogP contribution in [0.1, 0.15) is 24.1 Å². The topological polar surface area (TPSA) is 108 Å². The van der Waals surface area contributed by atoms with Crippen LogP contribution in [-0.4, -0.2) is 39.5 Å². The number of fused-ring (bicyclic) bond motifs is 3. The lowest BCUT2D eigenvalue weighted by atomic mass is 9.89. The molecule has 0 saturated carbocycles. The van der Waals surface area contributed by atoms with E-state index in [1.807, 2.05) is 59.2 Å². The molecule has 2 heterocycles. The van der Waals surface area contributed by atoms with E-state index in [1.165, 1.54) is 17.0 Å². The van der Waals surface area contributed by atoms with Gasteiger partial charge in [0.05, 0.1) is 28.6 Å². The van der Waals surface area contributed by atoms with E-state index in [4.69, 9.17) is 9.72 Å². The van der Waals surface area contributed by atoms with Gasteiger partial charge in [0.15, 0.2) is 5.92 Å². The van der Waals surface area contributed by atoms with Crippen molar-refractivity contribution >= 4 is 34.5 Å². The van der Waals surface area contributed by atoms with E-state index in [0.29, 0.717) is 30.0 Å². The number of non-ortho nitro benzene ring substituents is 1. The van der Waals surface area contributed by atoms with Crippen molar-refractivity contribution in [2.75, 3.05) is 18.1 Å². The molecule has 5 rings (SSSR count). The van der Waals surface area contributed by atoms with E-state index in [9.17, 15) is 19.7 Å². The van der Waals surface area contributed by atoms with Crippen LogP contribution < -0.4 is 4.90 Å². The zero-order valence-corrected chi connectivity index (χ0v) is 19.6. The number of rotatable bonds is 7. The highest BCUT2D eigenvalue weighted by Gasteiger charge is 2.48. The molecule has 1 amide bonds. The van der Waals surface area contributed by atoms with Gasteiger partial charge in [-0.2, -0.15) is 0 Å². The van der Waals surface area contributed by atoms with Gasteiger partial charge in [-0.25, -0.2) is 4.98 Å². The molecule has 9 heteroatoms. The monoisotopic (exact) mass is 484 g/mol. The van der Waals surface area contributed by atoms with E-state index in [0.717, 1.165) is 11.1 Å². The number of carbonyl (C=O) groups is 2. The number of nitro benzene ring substituents is 1. The molecule has 2 atom stereocenters. The standard InChI is InChI=1S/C27H24N4O5/c1-2-36-26(33)23-24(19-11-8-12-20(17-19)31(34)35)30-22-14-7-6-13-21(22)28-27(30)29(25(23)32)16-15-18-9-4-3-5-10-18/h3-14,17,23-24H,2,15-16H2,1H3/t23-,24-/m0/s1. The molecule has 3 aromatic carbocycles. The van der Waals surface area contributed by atoms with Gasteiger partial charge in [-0.1, -0.05) is 54.6 Å². The highest BCUT2D eigenvalue weighted by atomic mass is 16.6. The first-order valence-electron chi connectivity index (χ1n) is 11.7. The van der Waals surface area contributed by atoms with Gasteiger partial charge in [0.1, 0.15) is 0 Å². The van der Waals surface area contributed by atoms with E-state index in [-0.39, 0.29) is 12.3 Å². The Morgan fingerprint density at radius 2 is 1.81 bits per heavy atom. The van der Waals surface area contributed by atoms with Crippen molar-refractivity contribution in [1.29, 1.82) is 0 Å². The summed E-state index contributed by atoms with van der Waals surface area (Å²) in [5, 5.41) is 11.5. The minimum Gasteiger partial charge on any atom is -0.465 e. The molecule has 4 aromatic rings. The minimum atomic E-state index is -1.23. The van der Waals surface area contributed by atoms with Crippen LogP contribution in [0, 0.1) is 16.0 Å². The third-order valence-electron chi connectivity index (χ3n) is 6.37. The van der Waals surface area contributed by atoms with Crippen molar-refractivity contribution in [2.24, 2.45) is 5.92 Å². The van der Waals surface area contributed by atoms with Crippen molar-refractivity contribution in [2.45, 2.75) is 19.4 Å². The van der Waals surface area contributed by atoms with E-state index >= 15 is 0 Å². The minimum absolute atomic E-state index is 0.103. The predicted molar refractivity (Wildman–Crippen MR) is 134 cm³/mol. The van der Waals surface area contributed by atoms with Gasteiger partial charge < -0.3 is 9.30 Å². The summed E-state index contributed by atoms with van der Waals surface area (Å²) in [6.07, 6.45) is 0.562. The highest BCUT2D eigenvalue weighted by molar-refractivity contribution is 6.08. The van der Waals surface area contributed by atoms with E-state index in [1.54, 1.807) is 19.1 Å².